The van der Waals surface area contributed by atoms with Crippen molar-refractivity contribution in [2.45, 2.75) is 44.3 Å². The van der Waals surface area contributed by atoms with Crippen LogP contribution in [0.15, 0.2) is 60.7 Å². The second kappa shape index (κ2) is 12.5. The van der Waals surface area contributed by atoms with Crippen LogP contribution < -0.4 is 14.5 Å². The van der Waals surface area contributed by atoms with Crippen molar-refractivity contribution in [2.24, 2.45) is 0 Å². The molecule has 41 heavy (non-hydrogen) atoms. The molecule has 6 nitrogen and oxygen atoms in total. The summed E-state index contributed by atoms with van der Waals surface area (Å²) in [4.78, 5) is 14.8. The molecule has 1 unspecified atom stereocenters. The molecular formula is C29H30F5N3O3S. The number of amides is 1. The average Bonchev–Trinajstić information content (AvgIpc) is 2.95. The summed E-state index contributed by atoms with van der Waals surface area (Å²) in [7, 11) is -1.83. The van der Waals surface area contributed by atoms with Gasteiger partial charge in [-0.2, -0.15) is 13.2 Å². The van der Waals surface area contributed by atoms with E-state index in [1.54, 1.807) is 19.1 Å². The van der Waals surface area contributed by atoms with E-state index in [-0.39, 0.29) is 24.0 Å². The standard InChI is InChI=1S/C29H30F5N3O3S/c1-18(21-6-10-26(25(31)15-21)36(2)41(39)40)28(38)35-17-22-3-7-23(29(32,33)34)16-27(22)37-13-11-20(12-14-37)19-4-8-24(30)9-5-19/h3-10,15-16,18,20,41H,11-14,17H2,1-2H3,(H,35,38). The van der Waals surface area contributed by atoms with Crippen molar-refractivity contribution in [3.8, 4) is 0 Å². The number of anilines is 2. The van der Waals surface area contributed by atoms with Gasteiger partial charge in [-0.3, -0.25) is 9.10 Å². The van der Waals surface area contributed by atoms with E-state index in [0.29, 0.717) is 42.7 Å². The molecule has 1 atom stereocenters. The molecule has 0 aliphatic carbocycles. The number of benzene rings is 3. The Labute approximate surface area is 236 Å². The lowest BCUT2D eigenvalue weighted by Gasteiger charge is -2.35. The number of hydrogen-bond donors (Lipinski definition) is 2. The van der Waals surface area contributed by atoms with E-state index >= 15 is 0 Å². The van der Waals surface area contributed by atoms with Crippen LogP contribution in [0.2, 0.25) is 0 Å². The molecule has 1 N–H and O–H groups in total. The van der Waals surface area contributed by atoms with Crippen LogP contribution in [0.1, 0.15) is 53.9 Å². The maximum Gasteiger partial charge on any atom is 0.416 e. The fraction of sp³-hybridized carbons (Fsp3) is 0.345. The molecule has 1 saturated heterocycles. The summed E-state index contributed by atoms with van der Waals surface area (Å²) in [5.41, 5.74) is 1.21. The Hall–Kier alpha value is -3.67. The van der Waals surface area contributed by atoms with Crippen LogP contribution in [-0.4, -0.2) is 34.5 Å². The third kappa shape index (κ3) is 7.16. The van der Waals surface area contributed by atoms with Gasteiger partial charge in [0.1, 0.15) is 11.6 Å². The van der Waals surface area contributed by atoms with E-state index < -0.39 is 40.3 Å². The molecule has 4 rings (SSSR count). The maximum atomic E-state index is 14.5. The van der Waals surface area contributed by atoms with E-state index in [1.807, 2.05) is 4.90 Å². The predicted molar refractivity (Wildman–Crippen MR) is 147 cm³/mol. The van der Waals surface area contributed by atoms with E-state index in [2.05, 4.69) is 5.32 Å². The highest BCUT2D eigenvalue weighted by Crippen LogP contribution is 2.36. The lowest BCUT2D eigenvalue weighted by atomic mass is 9.89. The predicted octanol–water partition coefficient (Wildman–Crippen LogP) is 5.75. The van der Waals surface area contributed by atoms with Gasteiger partial charge in [0.2, 0.25) is 16.8 Å². The highest BCUT2D eigenvalue weighted by atomic mass is 32.2. The first-order chi connectivity index (χ1) is 19.3. The first kappa shape index (κ1) is 30.3. The number of nitrogens with one attached hydrogen (secondary N) is 1. The van der Waals surface area contributed by atoms with E-state index in [9.17, 15) is 35.2 Å². The fourth-order valence-electron chi connectivity index (χ4n) is 5.00. The minimum absolute atomic E-state index is 0.0471. The highest BCUT2D eigenvalue weighted by molar-refractivity contribution is 7.74. The molecule has 220 valence electrons. The Morgan fingerprint density at radius 1 is 1.02 bits per heavy atom. The third-order valence-electron chi connectivity index (χ3n) is 7.50. The van der Waals surface area contributed by atoms with Crippen LogP contribution in [0.25, 0.3) is 0 Å². The van der Waals surface area contributed by atoms with Crippen LogP contribution in [0.5, 0.6) is 0 Å². The van der Waals surface area contributed by atoms with Gasteiger partial charge in [-0.15, -0.1) is 0 Å². The van der Waals surface area contributed by atoms with E-state index in [0.717, 1.165) is 28.1 Å². The Bertz CT molecular complexity index is 1460. The van der Waals surface area contributed by atoms with Gasteiger partial charge in [-0.25, -0.2) is 17.2 Å². The summed E-state index contributed by atoms with van der Waals surface area (Å²) in [5, 5.41) is 2.74. The van der Waals surface area contributed by atoms with Gasteiger partial charge in [0.15, 0.2) is 0 Å². The lowest BCUT2D eigenvalue weighted by Crippen LogP contribution is -2.35. The van der Waals surface area contributed by atoms with Crippen LogP contribution >= 0.6 is 0 Å². The zero-order valence-corrected chi connectivity index (χ0v) is 23.3. The van der Waals surface area contributed by atoms with Crippen LogP contribution in [0.4, 0.5) is 33.3 Å². The quantitative estimate of drug-likeness (QED) is 0.257. The molecule has 0 aromatic heterocycles. The largest absolute Gasteiger partial charge is 0.416 e. The molecule has 1 fully saturated rings. The second-order valence-corrected chi connectivity index (χ2v) is 11.1. The summed E-state index contributed by atoms with van der Waals surface area (Å²) in [6.07, 6.45) is -3.20. The molecule has 0 radical (unpaired) electrons. The van der Waals surface area contributed by atoms with Gasteiger partial charge in [0.25, 0.3) is 0 Å². The molecule has 1 aliphatic heterocycles. The number of alkyl halides is 3. The summed E-state index contributed by atoms with van der Waals surface area (Å²) < 4.78 is 91.6. The molecule has 12 heteroatoms. The molecule has 0 spiro atoms. The summed E-state index contributed by atoms with van der Waals surface area (Å²) >= 11 is 0. The van der Waals surface area contributed by atoms with Crippen molar-refractivity contribution in [2.75, 3.05) is 29.3 Å². The number of hydrogen-bond acceptors (Lipinski definition) is 4. The first-order valence-corrected chi connectivity index (χ1v) is 14.1. The SMILES string of the molecule is CC(C(=O)NCc1ccc(C(F)(F)F)cc1N1CCC(c2ccc(F)cc2)CC1)c1ccc(N(C)[SH](=O)=O)c(F)c1. The van der Waals surface area contributed by atoms with Gasteiger partial charge < -0.3 is 10.2 Å². The number of nitrogens with zero attached hydrogens (tertiary/aromatic N) is 2. The number of piperidine rings is 1. The summed E-state index contributed by atoms with van der Waals surface area (Å²) in [6.45, 7) is 2.47. The fourth-order valence-corrected chi connectivity index (χ4v) is 5.34. The maximum absolute atomic E-state index is 14.5. The van der Waals surface area contributed by atoms with Crippen LogP contribution in [-0.2, 0) is 28.4 Å². The molecule has 3 aromatic carbocycles. The van der Waals surface area contributed by atoms with Gasteiger partial charge in [-0.1, -0.05) is 24.3 Å². The van der Waals surface area contributed by atoms with Gasteiger partial charge >= 0.3 is 6.18 Å². The van der Waals surface area contributed by atoms with Crippen molar-refractivity contribution in [1.29, 1.82) is 0 Å². The Morgan fingerprint density at radius 3 is 2.27 bits per heavy atom. The Morgan fingerprint density at radius 2 is 1.68 bits per heavy atom. The summed E-state index contributed by atoms with van der Waals surface area (Å²) in [5.74, 6) is -2.26. The zero-order valence-electron chi connectivity index (χ0n) is 22.4. The number of halogens is 5. The van der Waals surface area contributed by atoms with Crippen molar-refractivity contribution in [3.63, 3.8) is 0 Å². The second-order valence-electron chi connectivity index (χ2n) is 10.1. The lowest BCUT2D eigenvalue weighted by molar-refractivity contribution is -0.137. The number of thiol groups is 1. The zero-order chi connectivity index (χ0) is 29.9. The van der Waals surface area contributed by atoms with Gasteiger partial charge in [0, 0.05) is 32.4 Å². The smallest absolute Gasteiger partial charge is 0.371 e. The topological polar surface area (TPSA) is 69.7 Å². The molecule has 0 bridgehead atoms. The van der Waals surface area contributed by atoms with Crippen LogP contribution in [0, 0.1) is 11.6 Å². The average molecular weight is 596 g/mol. The Balaban J connectivity index is 1.48. The Kier molecular flexibility index (Phi) is 9.21. The van der Waals surface area contributed by atoms with Crippen LogP contribution in [0.3, 0.4) is 0 Å². The number of carbonyl (C=O) groups is 1. The molecule has 1 heterocycles. The number of rotatable bonds is 8. The molecule has 0 saturated carbocycles. The summed E-state index contributed by atoms with van der Waals surface area (Å²) in [6, 6.07) is 13.5. The number of carbonyl (C=O) groups excluding carboxylic acids is 1. The minimum atomic E-state index is -4.54. The third-order valence-corrected chi connectivity index (χ3v) is 8.21. The molecule has 1 aliphatic rings. The molecular weight excluding hydrogens is 565 g/mol. The van der Waals surface area contributed by atoms with Gasteiger partial charge in [0.05, 0.1) is 17.2 Å². The van der Waals surface area contributed by atoms with Crippen molar-refractivity contribution in [3.05, 3.63) is 94.6 Å². The van der Waals surface area contributed by atoms with E-state index in [1.165, 1.54) is 37.4 Å². The van der Waals surface area contributed by atoms with Crippen molar-refractivity contribution in [1.82, 2.24) is 5.32 Å². The van der Waals surface area contributed by atoms with Crippen molar-refractivity contribution >= 4 is 28.2 Å². The minimum Gasteiger partial charge on any atom is -0.371 e. The monoisotopic (exact) mass is 595 g/mol. The van der Waals surface area contributed by atoms with Gasteiger partial charge in [-0.05, 0) is 78.8 Å². The van der Waals surface area contributed by atoms with E-state index in [4.69, 9.17) is 0 Å². The first-order valence-electron chi connectivity index (χ1n) is 13.0. The molecule has 3 aromatic rings. The van der Waals surface area contributed by atoms with Crippen molar-refractivity contribution < 1.29 is 35.2 Å². The normalized spacial score (nSPS) is 15.2. The highest BCUT2D eigenvalue weighted by Gasteiger charge is 2.32. The molecule has 1 amide bonds.